The quantitative estimate of drug-likeness (QED) is 0.359. The molecule has 1 saturated heterocycles. The molecule has 4 atom stereocenters. The third kappa shape index (κ3) is 1.69. The van der Waals surface area contributed by atoms with E-state index in [1.54, 1.807) is 0 Å². The fraction of sp³-hybridized carbons (Fsp3) is 1.00. The lowest BCUT2D eigenvalue weighted by atomic mass is 10.1. The zero-order chi connectivity index (χ0) is 8.43. The lowest BCUT2D eigenvalue weighted by Crippen LogP contribution is -2.42. The molecule has 0 aromatic carbocycles. The predicted octanol–water partition coefficient (Wildman–Crippen LogP) is -2.57. The molecule has 0 bridgehead atoms. The largest absolute Gasteiger partial charge is 0.389 e. The van der Waals surface area contributed by atoms with Crippen LogP contribution in [0.1, 0.15) is 0 Å². The van der Waals surface area contributed by atoms with E-state index in [1.165, 1.54) is 0 Å². The van der Waals surface area contributed by atoms with E-state index in [0.29, 0.717) is 0 Å². The number of nitrogens with two attached hydrogens (primary N) is 1. The molecular weight excluding hydrogens is 150 g/mol. The van der Waals surface area contributed by atoms with Crippen LogP contribution in [0, 0.1) is 0 Å². The number of ether oxygens (including phenoxy) is 1. The number of hydrogen-bond acceptors (Lipinski definition) is 5. The van der Waals surface area contributed by atoms with Gasteiger partial charge in [0.2, 0.25) is 0 Å². The summed E-state index contributed by atoms with van der Waals surface area (Å²) in [4.78, 5) is 0. The van der Waals surface area contributed by atoms with Crippen molar-refractivity contribution in [2.45, 2.75) is 24.4 Å². The van der Waals surface area contributed by atoms with Crippen LogP contribution in [-0.2, 0) is 4.74 Å². The third-order valence-electron chi connectivity index (χ3n) is 1.81. The summed E-state index contributed by atoms with van der Waals surface area (Å²) in [6, 6.07) is 0. The highest BCUT2D eigenvalue weighted by atomic mass is 16.5. The summed E-state index contributed by atoms with van der Waals surface area (Å²) in [5.74, 6) is 0. The van der Waals surface area contributed by atoms with E-state index in [0.717, 1.165) is 0 Å². The monoisotopic (exact) mass is 163 g/mol. The smallest absolute Gasteiger partial charge is 0.113 e. The van der Waals surface area contributed by atoms with E-state index in [1.807, 2.05) is 0 Å². The Balaban J connectivity index is 2.47. The fourth-order valence-electron chi connectivity index (χ4n) is 1.10. The van der Waals surface area contributed by atoms with Gasteiger partial charge in [0.05, 0.1) is 12.7 Å². The van der Waals surface area contributed by atoms with Gasteiger partial charge in [-0.05, 0) is 0 Å². The molecule has 0 spiro atoms. The SMILES string of the molecule is NCC(O)C1OCC(O)C1O. The topological polar surface area (TPSA) is 95.9 Å². The Morgan fingerprint density at radius 1 is 1.55 bits per heavy atom. The van der Waals surface area contributed by atoms with E-state index >= 15 is 0 Å². The van der Waals surface area contributed by atoms with Gasteiger partial charge in [0.1, 0.15) is 18.3 Å². The van der Waals surface area contributed by atoms with Crippen LogP contribution < -0.4 is 5.73 Å². The molecule has 1 rings (SSSR count). The minimum absolute atomic E-state index is 0.0223. The molecule has 5 heteroatoms. The Bertz CT molecular complexity index is 132. The average molecular weight is 163 g/mol. The second kappa shape index (κ2) is 3.46. The zero-order valence-corrected chi connectivity index (χ0v) is 6.05. The van der Waals surface area contributed by atoms with E-state index in [9.17, 15) is 0 Å². The van der Waals surface area contributed by atoms with Gasteiger partial charge in [-0.15, -0.1) is 0 Å². The molecule has 0 aromatic rings. The second-order valence-electron chi connectivity index (χ2n) is 2.66. The summed E-state index contributed by atoms with van der Waals surface area (Å²) in [5, 5.41) is 27.3. The summed E-state index contributed by atoms with van der Waals surface area (Å²) < 4.78 is 4.90. The normalized spacial score (nSPS) is 40.9. The summed E-state index contributed by atoms with van der Waals surface area (Å²) in [6.07, 6.45) is -3.56. The van der Waals surface area contributed by atoms with Gasteiger partial charge in [-0.2, -0.15) is 0 Å². The van der Waals surface area contributed by atoms with Crippen molar-refractivity contribution in [3.8, 4) is 0 Å². The van der Waals surface area contributed by atoms with Crippen LogP contribution in [0.5, 0.6) is 0 Å². The molecule has 5 N–H and O–H groups in total. The van der Waals surface area contributed by atoms with Gasteiger partial charge in [0, 0.05) is 6.54 Å². The maximum absolute atomic E-state index is 9.17. The predicted molar refractivity (Wildman–Crippen MR) is 36.8 cm³/mol. The van der Waals surface area contributed by atoms with Crippen molar-refractivity contribution in [1.82, 2.24) is 0 Å². The summed E-state index contributed by atoms with van der Waals surface area (Å²) in [5.41, 5.74) is 5.14. The Labute approximate surface area is 64.4 Å². The van der Waals surface area contributed by atoms with Gasteiger partial charge in [0.25, 0.3) is 0 Å². The molecule has 5 nitrogen and oxygen atoms in total. The first-order valence-electron chi connectivity index (χ1n) is 3.52. The van der Waals surface area contributed by atoms with Gasteiger partial charge in [-0.1, -0.05) is 0 Å². The molecule has 0 radical (unpaired) electrons. The Hall–Kier alpha value is -0.200. The molecule has 11 heavy (non-hydrogen) atoms. The highest BCUT2D eigenvalue weighted by Gasteiger charge is 2.38. The molecule has 1 fully saturated rings. The van der Waals surface area contributed by atoms with Crippen molar-refractivity contribution in [1.29, 1.82) is 0 Å². The van der Waals surface area contributed by atoms with Gasteiger partial charge < -0.3 is 25.8 Å². The number of hydrogen-bond donors (Lipinski definition) is 4. The Kier molecular flexibility index (Phi) is 2.80. The molecule has 4 unspecified atom stereocenters. The highest BCUT2D eigenvalue weighted by Crippen LogP contribution is 2.16. The van der Waals surface area contributed by atoms with Crippen LogP contribution in [0.4, 0.5) is 0 Å². The van der Waals surface area contributed by atoms with Crippen molar-refractivity contribution in [2.75, 3.05) is 13.2 Å². The van der Waals surface area contributed by atoms with Crippen LogP contribution in [0.25, 0.3) is 0 Å². The van der Waals surface area contributed by atoms with Crippen LogP contribution in [0.2, 0.25) is 0 Å². The van der Waals surface area contributed by atoms with Crippen molar-refractivity contribution < 1.29 is 20.1 Å². The second-order valence-corrected chi connectivity index (χ2v) is 2.66. The van der Waals surface area contributed by atoms with E-state index in [2.05, 4.69) is 0 Å². The van der Waals surface area contributed by atoms with Crippen LogP contribution in [0.3, 0.4) is 0 Å². The number of aliphatic hydroxyl groups excluding tert-OH is 3. The molecule has 0 aromatic heterocycles. The third-order valence-corrected chi connectivity index (χ3v) is 1.81. The van der Waals surface area contributed by atoms with Gasteiger partial charge >= 0.3 is 0 Å². The average Bonchev–Trinajstić information content (AvgIpc) is 2.32. The summed E-state index contributed by atoms with van der Waals surface area (Å²) >= 11 is 0. The van der Waals surface area contributed by atoms with Crippen molar-refractivity contribution in [2.24, 2.45) is 5.73 Å². The van der Waals surface area contributed by atoms with E-state index in [-0.39, 0.29) is 13.2 Å². The number of rotatable bonds is 2. The maximum atomic E-state index is 9.17. The lowest BCUT2D eigenvalue weighted by Gasteiger charge is -2.19. The zero-order valence-electron chi connectivity index (χ0n) is 6.05. The maximum Gasteiger partial charge on any atom is 0.113 e. The van der Waals surface area contributed by atoms with Crippen molar-refractivity contribution in [3.05, 3.63) is 0 Å². The molecular formula is C6H13NO4. The van der Waals surface area contributed by atoms with Gasteiger partial charge in [0.15, 0.2) is 0 Å². The van der Waals surface area contributed by atoms with Crippen molar-refractivity contribution in [3.63, 3.8) is 0 Å². The molecule has 0 saturated carbocycles. The van der Waals surface area contributed by atoms with Crippen molar-refractivity contribution >= 4 is 0 Å². The molecule has 0 aliphatic carbocycles. The lowest BCUT2D eigenvalue weighted by molar-refractivity contribution is -0.0465. The first kappa shape index (κ1) is 8.89. The first-order chi connectivity index (χ1) is 5.16. The van der Waals surface area contributed by atoms with Gasteiger partial charge in [-0.25, -0.2) is 0 Å². The van der Waals surface area contributed by atoms with Crippen LogP contribution in [-0.4, -0.2) is 52.9 Å². The molecule has 1 aliphatic heterocycles. The van der Waals surface area contributed by atoms with E-state index in [4.69, 9.17) is 25.8 Å². The minimum Gasteiger partial charge on any atom is -0.389 e. The Morgan fingerprint density at radius 2 is 2.18 bits per heavy atom. The molecule has 0 amide bonds. The summed E-state index contributed by atoms with van der Waals surface area (Å²) in [7, 11) is 0. The highest BCUT2D eigenvalue weighted by molar-refractivity contribution is 4.87. The Morgan fingerprint density at radius 3 is 2.55 bits per heavy atom. The number of aliphatic hydroxyl groups is 3. The molecule has 1 heterocycles. The first-order valence-corrected chi connectivity index (χ1v) is 3.52. The molecule has 66 valence electrons. The standard InChI is InChI=1S/C6H13NO4/c7-1-3(8)6-5(10)4(9)2-11-6/h3-6,8-10H,1-2,7H2. The van der Waals surface area contributed by atoms with Crippen LogP contribution >= 0.6 is 0 Å². The van der Waals surface area contributed by atoms with E-state index < -0.39 is 24.4 Å². The minimum atomic E-state index is -1.02. The van der Waals surface area contributed by atoms with Crippen LogP contribution in [0.15, 0.2) is 0 Å². The summed E-state index contributed by atoms with van der Waals surface area (Å²) in [6.45, 7) is 0.0807. The fourth-order valence-corrected chi connectivity index (χ4v) is 1.10. The molecule has 1 aliphatic rings. The van der Waals surface area contributed by atoms with Gasteiger partial charge in [-0.3, -0.25) is 0 Å².